The highest BCUT2D eigenvalue weighted by Crippen LogP contribution is 2.15. The second-order valence-corrected chi connectivity index (χ2v) is 8.36. The molecule has 8 nitrogen and oxygen atoms in total. The Bertz CT molecular complexity index is 858. The number of carbonyl (C=O) groups is 1. The molecule has 0 atom stereocenters. The van der Waals surface area contributed by atoms with E-state index in [0.29, 0.717) is 24.5 Å². The summed E-state index contributed by atoms with van der Waals surface area (Å²) in [5.74, 6) is 0.498. The van der Waals surface area contributed by atoms with Gasteiger partial charge in [0.15, 0.2) is 0 Å². The summed E-state index contributed by atoms with van der Waals surface area (Å²) >= 11 is 0. The van der Waals surface area contributed by atoms with E-state index in [1.54, 1.807) is 31.4 Å². The Balaban J connectivity index is 1.49. The third-order valence-electron chi connectivity index (χ3n) is 4.17. The Hall–Kier alpha value is -2.78. The van der Waals surface area contributed by atoms with Crippen molar-refractivity contribution in [2.75, 3.05) is 30.8 Å². The number of alkyl carbamates (subject to hydrolysis) is 1. The minimum absolute atomic E-state index is 0.164. The zero-order chi connectivity index (χ0) is 21.7. The van der Waals surface area contributed by atoms with E-state index in [4.69, 9.17) is 9.47 Å². The number of anilines is 1. The van der Waals surface area contributed by atoms with Crippen LogP contribution in [0.5, 0.6) is 5.75 Å². The highest BCUT2D eigenvalue weighted by molar-refractivity contribution is 7.92. The number of unbranched alkanes of at least 4 members (excludes halogenated alkanes) is 2. The lowest BCUT2D eigenvalue weighted by Gasteiger charge is -2.10. The van der Waals surface area contributed by atoms with E-state index in [-0.39, 0.29) is 12.5 Å². The van der Waals surface area contributed by atoms with Gasteiger partial charge in [-0.15, -0.1) is 0 Å². The molecule has 2 aromatic carbocycles. The smallest absolute Gasteiger partial charge is 0.407 e. The molecule has 0 aliphatic rings. The van der Waals surface area contributed by atoms with Gasteiger partial charge in [0.25, 0.3) is 0 Å². The first-order chi connectivity index (χ1) is 14.5. The van der Waals surface area contributed by atoms with Crippen molar-refractivity contribution in [3.8, 4) is 5.75 Å². The highest BCUT2D eigenvalue weighted by Gasteiger charge is 2.09. The molecule has 0 radical (unpaired) electrons. The van der Waals surface area contributed by atoms with Crippen LogP contribution < -0.4 is 20.1 Å². The normalized spacial score (nSPS) is 11.0. The Kier molecular flexibility index (Phi) is 9.96. The first-order valence-electron chi connectivity index (χ1n) is 9.78. The average Bonchev–Trinajstić information content (AvgIpc) is 2.75. The molecular weight excluding hydrogens is 406 g/mol. The fourth-order valence-corrected chi connectivity index (χ4v) is 3.58. The van der Waals surface area contributed by atoms with E-state index in [1.165, 1.54) is 0 Å². The van der Waals surface area contributed by atoms with Crippen LogP contribution in [0, 0.1) is 0 Å². The van der Waals surface area contributed by atoms with Crippen LogP contribution in [0.1, 0.15) is 24.8 Å². The van der Waals surface area contributed by atoms with Gasteiger partial charge in [0.2, 0.25) is 10.0 Å². The maximum atomic E-state index is 12.1. The first-order valence-corrected chi connectivity index (χ1v) is 11.4. The summed E-state index contributed by atoms with van der Waals surface area (Å²) in [6.07, 6.45) is 2.02. The van der Waals surface area contributed by atoms with E-state index in [1.807, 2.05) is 30.3 Å². The molecule has 30 heavy (non-hydrogen) atoms. The Morgan fingerprint density at radius 2 is 1.63 bits per heavy atom. The lowest BCUT2D eigenvalue weighted by molar-refractivity contribution is 0.139. The van der Waals surface area contributed by atoms with E-state index in [2.05, 4.69) is 15.4 Å². The van der Waals surface area contributed by atoms with Crippen LogP contribution in [0.3, 0.4) is 0 Å². The molecule has 2 aromatic rings. The summed E-state index contributed by atoms with van der Waals surface area (Å²) < 4.78 is 36.8. The molecule has 0 aliphatic carbocycles. The summed E-state index contributed by atoms with van der Waals surface area (Å²) in [5.41, 5.74) is 1.43. The molecule has 0 heterocycles. The van der Waals surface area contributed by atoms with Gasteiger partial charge < -0.3 is 20.1 Å². The molecule has 0 unspecified atom stereocenters. The Labute approximate surface area is 178 Å². The highest BCUT2D eigenvalue weighted by atomic mass is 32.2. The number of nitrogens with one attached hydrogen (secondary N) is 3. The lowest BCUT2D eigenvalue weighted by Crippen LogP contribution is -2.29. The van der Waals surface area contributed by atoms with Gasteiger partial charge in [-0.1, -0.05) is 36.8 Å². The molecule has 0 saturated heterocycles. The number of rotatable bonds is 13. The molecule has 0 spiro atoms. The first kappa shape index (κ1) is 23.5. The van der Waals surface area contributed by atoms with Gasteiger partial charge in [-0.2, -0.15) is 0 Å². The molecule has 9 heteroatoms. The van der Waals surface area contributed by atoms with E-state index in [0.717, 1.165) is 24.8 Å². The molecule has 0 fully saturated rings. The van der Waals surface area contributed by atoms with Gasteiger partial charge in [0.1, 0.15) is 18.2 Å². The van der Waals surface area contributed by atoms with E-state index in [9.17, 15) is 13.2 Å². The maximum Gasteiger partial charge on any atom is 0.407 e. The molecule has 0 saturated carbocycles. The van der Waals surface area contributed by atoms with Crippen LogP contribution in [0.25, 0.3) is 0 Å². The monoisotopic (exact) mass is 435 g/mol. The van der Waals surface area contributed by atoms with Crippen molar-refractivity contribution < 1.29 is 22.7 Å². The van der Waals surface area contributed by atoms with Crippen molar-refractivity contribution in [3.05, 3.63) is 60.2 Å². The SMILES string of the molecule is COc1ccc(NS(=O)(=O)CNCCCCCNC(=O)OCc2ccccc2)cc1. The zero-order valence-corrected chi connectivity index (χ0v) is 17.9. The van der Waals surface area contributed by atoms with Crippen LogP contribution >= 0.6 is 0 Å². The molecule has 0 aliphatic heterocycles. The predicted octanol–water partition coefficient (Wildman–Crippen LogP) is 3.08. The van der Waals surface area contributed by atoms with E-state index >= 15 is 0 Å². The number of carbonyl (C=O) groups excluding carboxylic acids is 1. The molecule has 2 rings (SSSR count). The molecule has 0 bridgehead atoms. The van der Waals surface area contributed by atoms with Crippen molar-refractivity contribution in [1.82, 2.24) is 10.6 Å². The molecular formula is C21H29N3O5S. The summed E-state index contributed by atoms with van der Waals surface area (Å²) in [6.45, 7) is 1.34. The topological polar surface area (TPSA) is 106 Å². The number of hydrogen-bond acceptors (Lipinski definition) is 6. The molecule has 164 valence electrons. The number of methoxy groups -OCH3 is 1. The summed E-state index contributed by atoms with van der Waals surface area (Å²) in [6, 6.07) is 16.2. The van der Waals surface area contributed by atoms with Crippen molar-refractivity contribution in [3.63, 3.8) is 0 Å². The number of amides is 1. The second kappa shape index (κ2) is 12.7. The van der Waals surface area contributed by atoms with Crippen molar-refractivity contribution in [2.45, 2.75) is 25.9 Å². The van der Waals surface area contributed by atoms with Crippen molar-refractivity contribution in [1.29, 1.82) is 0 Å². The molecule has 3 N–H and O–H groups in total. The molecule has 0 aromatic heterocycles. The summed E-state index contributed by atoms with van der Waals surface area (Å²) in [7, 11) is -1.92. The Morgan fingerprint density at radius 1 is 0.933 bits per heavy atom. The van der Waals surface area contributed by atoms with Gasteiger partial charge in [0, 0.05) is 12.2 Å². The van der Waals surface area contributed by atoms with Crippen LogP contribution in [-0.2, 0) is 21.4 Å². The van der Waals surface area contributed by atoms with E-state index < -0.39 is 16.1 Å². The minimum atomic E-state index is -3.47. The van der Waals surface area contributed by atoms with Gasteiger partial charge in [0.05, 0.1) is 7.11 Å². The quantitative estimate of drug-likeness (QED) is 0.418. The Morgan fingerprint density at radius 3 is 2.33 bits per heavy atom. The van der Waals surface area contributed by atoms with Gasteiger partial charge in [-0.05, 0) is 49.2 Å². The average molecular weight is 436 g/mol. The number of sulfonamides is 1. The van der Waals surface area contributed by atoms with Gasteiger partial charge in [-0.25, -0.2) is 13.2 Å². The van der Waals surface area contributed by atoms with Crippen LogP contribution in [0.4, 0.5) is 10.5 Å². The summed E-state index contributed by atoms with van der Waals surface area (Å²) in [5, 5.41) is 5.63. The fraction of sp³-hybridized carbons (Fsp3) is 0.381. The standard InChI is InChI=1S/C21H29N3O5S/c1-28-20-12-10-19(11-13-20)24-30(26,27)17-22-14-6-3-7-15-23-21(25)29-16-18-8-4-2-5-9-18/h2,4-5,8-13,22,24H,3,6-7,14-17H2,1H3,(H,23,25). The lowest BCUT2D eigenvalue weighted by atomic mass is 10.2. The van der Waals surface area contributed by atoms with Crippen LogP contribution in [0.2, 0.25) is 0 Å². The fourth-order valence-electron chi connectivity index (χ4n) is 2.60. The number of hydrogen-bond donors (Lipinski definition) is 3. The number of benzene rings is 2. The predicted molar refractivity (Wildman–Crippen MR) is 117 cm³/mol. The van der Waals surface area contributed by atoms with Gasteiger partial charge in [-0.3, -0.25) is 4.72 Å². The molecule has 1 amide bonds. The third-order valence-corrected chi connectivity index (χ3v) is 5.30. The minimum Gasteiger partial charge on any atom is -0.497 e. The number of ether oxygens (including phenoxy) is 2. The van der Waals surface area contributed by atoms with Gasteiger partial charge >= 0.3 is 6.09 Å². The second-order valence-electron chi connectivity index (χ2n) is 6.64. The third kappa shape index (κ3) is 9.62. The zero-order valence-electron chi connectivity index (χ0n) is 17.1. The van der Waals surface area contributed by atoms with Crippen LogP contribution in [0.15, 0.2) is 54.6 Å². The van der Waals surface area contributed by atoms with Crippen molar-refractivity contribution in [2.24, 2.45) is 0 Å². The van der Waals surface area contributed by atoms with Crippen molar-refractivity contribution >= 4 is 21.8 Å². The van der Waals surface area contributed by atoms with Crippen LogP contribution in [-0.4, -0.2) is 40.6 Å². The largest absolute Gasteiger partial charge is 0.497 e. The maximum absolute atomic E-state index is 12.1. The summed E-state index contributed by atoms with van der Waals surface area (Å²) in [4.78, 5) is 11.6.